The van der Waals surface area contributed by atoms with Gasteiger partial charge in [-0.3, -0.25) is 4.79 Å². The smallest absolute Gasteiger partial charge is 0.416 e. The fourth-order valence-electron chi connectivity index (χ4n) is 4.07. The highest BCUT2D eigenvalue weighted by Crippen LogP contribution is 2.36. The van der Waals surface area contributed by atoms with Gasteiger partial charge >= 0.3 is 6.18 Å². The van der Waals surface area contributed by atoms with E-state index < -0.39 is 17.3 Å². The van der Waals surface area contributed by atoms with Crippen LogP contribution >= 0.6 is 11.6 Å². The molecule has 0 saturated carbocycles. The first kappa shape index (κ1) is 31.1. The maximum atomic E-state index is 13.2. The molecule has 2 aromatic carbocycles. The van der Waals surface area contributed by atoms with E-state index in [0.717, 1.165) is 12.1 Å². The van der Waals surface area contributed by atoms with Gasteiger partial charge in [-0.1, -0.05) is 17.7 Å². The summed E-state index contributed by atoms with van der Waals surface area (Å²) in [4.78, 5) is 21.9. The second-order valence-electron chi connectivity index (χ2n) is 10.1. The number of fused-ring (bicyclic) bond motifs is 1. The largest absolute Gasteiger partial charge is 0.456 e. The number of amides is 1. The van der Waals surface area contributed by atoms with Gasteiger partial charge in [-0.15, -0.1) is 0 Å². The lowest BCUT2D eigenvalue weighted by atomic mass is 10.0. The van der Waals surface area contributed by atoms with Gasteiger partial charge in [0.05, 0.1) is 41.5 Å². The number of rotatable bonds is 11. The Balaban J connectivity index is 1.50. The number of methoxy groups -OCH3 is 1. The fraction of sp³-hybridized carbons (Fsp3) is 0.345. The number of nitrogens with one attached hydrogen (secondary N) is 3. The van der Waals surface area contributed by atoms with Crippen molar-refractivity contribution in [2.75, 3.05) is 44.1 Å². The number of hydrogen-bond acceptors (Lipinski definition) is 8. The Bertz CT molecular complexity index is 1450. The van der Waals surface area contributed by atoms with Crippen LogP contribution in [0.1, 0.15) is 31.4 Å². The third-order valence-electron chi connectivity index (χ3n) is 6.11. The number of alkyl halides is 3. The Hall–Kier alpha value is -3.87. The lowest BCUT2D eigenvalue weighted by molar-refractivity contribution is -0.137. The summed E-state index contributed by atoms with van der Waals surface area (Å²) in [5.41, 5.74) is 0.210. The summed E-state index contributed by atoms with van der Waals surface area (Å²) < 4.78 is 55.4. The van der Waals surface area contributed by atoms with Crippen molar-refractivity contribution in [2.24, 2.45) is 0 Å². The van der Waals surface area contributed by atoms with E-state index in [-0.39, 0.29) is 22.4 Å². The standard InChI is InChI=1S/C29H31ClF3N5O4/c1-28(2,16-41-12-11-40-3)38-27(39)18-9-10-34-25-22(13-18)26(36-17-35-25)37-20-7-8-24(23(30)15-20)42-21-6-4-5-19(14-21)29(31,32)33/h4-8,13-15,17H,9-12,16H2,1-3H3,(H,38,39)(H2,34,35,36,37). The van der Waals surface area contributed by atoms with E-state index in [1.165, 1.54) is 24.5 Å². The molecule has 0 bridgehead atoms. The van der Waals surface area contributed by atoms with Crippen molar-refractivity contribution in [2.45, 2.75) is 32.0 Å². The molecule has 0 fully saturated rings. The van der Waals surface area contributed by atoms with Crippen LogP contribution in [0.4, 0.5) is 30.5 Å². The minimum absolute atomic E-state index is 0.000267. The van der Waals surface area contributed by atoms with Gasteiger partial charge in [-0.2, -0.15) is 13.2 Å². The van der Waals surface area contributed by atoms with E-state index in [4.69, 9.17) is 25.8 Å². The topological polar surface area (TPSA) is 107 Å². The second kappa shape index (κ2) is 13.4. The van der Waals surface area contributed by atoms with Crippen molar-refractivity contribution in [3.05, 3.63) is 70.5 Å². The van der Waals surface area contributed by atoms with Crippen molar-refractivity contribution < 1.29 is 32.2 Å². The first-order valence-corrected chi connectivity index (χ1v) is 13.4. The third-order valence-corrected chi connectivity index (χ3v) is 6.41. The average Bonchev–Trinajstić information content (AvgIpc) is 3.16. The first-order chi connectivity index (χ1) is 19.9. The molecular formula is C29H31ClF3N5O4. The third kappa shape index (κ3) is 8.34. The highest BCUT2D eigenvalue weighted by atomic mass is 35.5. The number of nitrogens with zero attached hydrogens (tertiary/aromatic N) is 2. The molecule has 0 saturated heterocycles. The average molecular weight is 606 g/mol. The van der Waals surface area contributed by atoms with Crippen LogP contribution in [0.15, 0.2) is 54.4 Å². The summed E-state index contributed by atoms with van der Waals surface area (Å²) in [5.74, 6) is 0.911. The molecule has 4 rings (SSSR count). The van der Waals surface area contributed by atoms with E-state index in [9.17, 15) is 18.0 Å². The Morgan fingerprint density at radius 3 is 2.67 bits per heavy atom. The summed E-state index contributed by atoms with van der Waals surface area (Å²) in [7, 11) is 1.59. The minimum Gasteiger partial charge on any atom is -0.456 e. The highest BCUT2D eigenvalue weighted by molar-refractivity contribution is 6.32. The zero-order chi connectivity index (χ0) is 30.3. The maximum Gasteiger partial charge on any atom is 0.416 e. The molecule has 2 heterocycles. The molecule has 9 nitrogen and oxygen atoms in total. The fourth-order valence-corrected chi connectivity index (χ4v) is 4.29. The molecule has 0 spiro atoms. The molecule has 1 aliphatic rings. The molecule has 13 heteroatoms. The highest BCUT2D eigenvalue weighted by Gasteiger charge is 2.30. The van der Waals surface area contributed by atoms with E-state index in [2.05, 4.69) is 25.9 Å². The van der Waals surface area contributed by atoms with Crippen LogP contribution in [0.2, 0.25) is 5.02 Å². The molecule has 0 unspecified atom stereocenters. The van der Waals surface area contributed by atoms with Gasteiger partial charge in [0.2, 0.25) is 5.91 Å². The molecule has 42 heavy (non-hydrogen) atoms. The Kier molecular flexibility index (Phi) is 9.92. The summed E-state index contributed by atoms with van der Waals surface area (Å²) in [6, 6.07) is 9.29. The number of carbonyl (C=O) groups excluding carboxylic acids is 1. The van der Waals surface area contributed by atoms with Crippen LogP contribution in [0.5, 0.6) is 11.5 Å². The lowest BCUT2D eigenvalue weighted by Gasteiger charge is -2.26. The zero-order valence-electron chi connectivity index (χ0n) is 23.3. The number of hydrogen-bond donors (Lipinski definition) is 3. The van der Waals surface area contributed by atoms with E-state index in [1.54, 1.807) is 25.3 Å². The van der Waals surface area contributed by atoms with Crippen LogP contribution in [0.3, 0.4) is 0 Å². The number of ether oxygens (including phenoxy) is 3. The Morgan fingerprint density at radius 1 is 1.12 bits per heavy atom. The van der Waals surface area contributed by atoms with Gasteiger partial charge in [-0.05, 0) is 62.7 Å². The second-order valence-corrected chi connectivity index (χ2v) is 10.5. The van der Waals surface area contributed by atoms with Gasteiger partial charge in [0.1, 0.15) is 29.5 Å². The van der Waals surface area contributed by atoms with E-state index in [0.29, 0.717) is 61.2 Å². The van der Waals surface area contributed by atoms with Crippen molar-refractivity contribution in [1.82, 2.24) is 15.3 Å². The van der Waals surface area contributed by atoms with Crippen LogP contribution < -0.4 is 20.7 Å². The summed E-state index contributed by atoms with van der Waals surface area (Å²) in [6.45, 7) is 5.44. The van der Waals surface area contributed by atoms with Gasteiger partial charge in [0, 0.05) is 24.9 Å². The lowest BCUT2D eigenvalue weighted by Crippen LogP contribution is -2.47. The Labute approximate surface area is 246 Å². The van der Waals surface area contributed by atoms with Crippen LogP contribution in [-0.2, 0) is 20.4 Å². The number of benzene rings is 2. The summed E-state index contributed by atoms with van der Waals surface area (Å²) in [6.07, 6.45) is -0.914. The predicted molar refractivity (Wildman–Crippen MR) is 154 cm³/mol. The van der Waals surface area contributed by atoms with E-state index in [1.807, 2.05) is 13.8 Å². The number of carbonyl (C=O) groups is 1. The number of halogens is 4. The molecule has 0 aliphatic carbocycles. The predicted octanol–water partition coefficient (Wildman–Crippen LogP) is 6.44. The zero-order valence-corrected chi connectivity index (χ0v) is 24.0. The van der Waals surface area contributed by atoms with Gasteiger partial charge in [0.15, 0.2) is 0 Å². The molecular weight excluding hydrogens is 575 g/mol. The molecule has 1 aliphatic heterocycles. The van der Waals surface area contributed by atoms with Crippen LogP contribution in [0.25, 0.3) is 6.08 Å². The summed E-state index contributed by atoms with van der Waals surface area (Å²) in [5, 5.41) is 9.59. The molecule has 3 N–H and O–H groups in total. The molecule has 224 valence electrons. The minimum atomic E-state index is -4.49. The van der Waals surface area contributed by atoms with Gasteiger partial charge in [0.25, 0.3) is 0 Å². The molecule has 1 amide bonds. The molecule has 0 atom stereocenters. The molecule has 3 aromatic rings. The SMILES string of the molecule is COCCOCC(C)(C)NC(=O)C1=Cc2c(ncnc2Nc2ccc(Oc3cccc(C(F)(F)F)c3)c(Cl)c2)NCC1. The molecule has 0 radical (unpaired) electrons. The van der Waals surface area contributed by atoms with Gasteiger partial charge < -0.3 is 30.2 Å². The van der Waals surface area contributed by atoms with Crippen molar-refractivity contribution in [3.63, 3.8) is 0 Å². The van der Waals surface area contributed by atoms with E-state index >= 15 is 0 Å². The van der Waals surface area contributed by atoms with Crippen molar-refractivity contribution in [1.29, 1.82) is 0 Å². The number of aromatic nitrogens is 2. The number of anilines is 3. The normalized spacial score (nSPS) is 13.4. The maximum absolute atomic E-state index is 13.2. The van der Waals surface area contributed by atoms with Crippen LogP contribution in [0, 0.1) is 0 Å². The summed E-state index contributed by atoms with van der Waals surface area (Å²) >= 11 is 6.41. The van der Waals surface area contributed by atoms with Gasteiger partial charge in [-0.25, -0.2) is 9.97 Å². The quantitative estimate of drug-likeness (QED) is 0.214. The van der Waals surface area contributed by atoms with Crippen molar-refractivity contribution in [3.8, 4) is 11.5 Å². The van der Waals surface area contributed by atoms with Crippen molar-refractivity contribution >= 4 is 40.9 Å². The molecule has 1 aromatic heterocycles. The Morgan fingerprint density at radius 2 is 1.93 bits per heavy atom. The monoisotopic (exact) mass is 605 g/mol. The first-order valence-electron chi connectivity index (χ1n) is 13.1. The van der Waals surface area contributed by atoms with Crippen LogP contribution in [-0.4, -0.2) is 54.9 Å².